The van der Waals surface area contributed by atoms with E-state index in [0.29, 0.717) is 5.56 Å². The normalized spacial score (nSPS) is 11.7. The SMILES string of the molecule is CC(C)(C)c1ccnc(-c2[c-]cccc2)c1.CC(C)c1cc(-c2ccccc2)cc(C(C)C)c1-n1c(-c2[c-]ccc3c2oc2cc4c(cc23)sc2cc(C#N)ccc24)nc2ccccc21.[Ir]. The molecule has 0 aliphatic rings. The van der Waals surface area contributed by atoms with Crippen molar-refractivity contribution in [1.82, 2.24) is 14.5 Å². The summed E-state index contributed by atoms with van der Waals surface area (Å²) >= 11 is 1.71. The first kappa shape index (κ1) is 44.5. The Bertz CT molecular complexity index is 3580. The zero-order valence-electron chi connectivity index (χ0n) is 38.0. The van der Waals surface area contributed by atoms with Crippen LogP contribution in [0.4, 0.5) is 0 Å². The van der Waals surface area contributed by atoms with E-state index in [1.807, 2.05) is 54.7 Å². The van der Waals surface area contributed by atoms with Crippen LogP contribution in [0.2, 0.25) is 0 Å². The van der Waals surface area contributed by atoms with Crippen LogP contribution < -0.4 is 0 Å². The molecule has 0 amide bonds. The molecule has 0 N–H and O–H groups in total. The van der Waals surface area contributed by atoms with Crippen molar-refractivity contribution in [3.05, 3.63) is 186 Å². The van der Waals surface area contributed by atoms with Crippen molar-refractivity contribution in [2.75, 3.05) is 0 Å². The summed E-state index contributed by atoms with van der Waals surface area (Å²) in [5.41, 5.74) is 14.8. The summed E-state index contributed by atoms with van der Waals surface area (Å²) in [5.74, 6) is 1.35. The minimum Gasteiger partial charge on any atom is -0.501 e. The van der Waals surface area contributed by atoms with Gasteiger partial charge in [0.1, 0.15) is 5.58 Å². The molecule has 0 unspecified atom stereocenters. The molecule has 4 heterocycles. The number of rotatable bonds is 6. The van der Waals surface area contributed by atoms with E-state index in [2.05, 4.69) is 173 Å². The predicted molar refractivity (Wildman–Crippen MR) is 271 cm³/mol. The summed E-state index contributed by atoms with van der Waals surface area (Å²) in [6.07, 6.45) is 1.87. The van der Waals surface area contributed by atoms with Crippen LogP contribution in [0.5, 0.6) is 0 Å². The van der Waals surface area contributed by atoms with Crippen LogP contribution in [0.3, 0.4) is 0 Å². The Morgan fingerprint density at radius 2 is 1.41 bits per heavy atom. The number of nitriles is 1. The van der Waals surface area contributed by atoms with E-state index in [4.69, 9.17) is 9.40 Å². The number of furan rings is 1. The number of aromatic nitrogens is 3. The van der Waals surface area contributed by atoms with Gasteiger partial charge in [0.15, 0.2) is 0 Å². The van der Waals surface area contributed by atoms with Crippen LogP contribution in [0.15, 0.2) is 156 Å². The first-order valence-electron chi connectivity index (χ1n) is 22.2. The molecular weight excluding hydrogens is 1000 g/mol. The maximum atomic E-state index is 9.44. The molecule has 66 heavy (non-hydrogen) atoms. The van der Waals surface area contributed by atoms with E-state index in [0.717, 1.165) is 71.1 Å². The Balaban J connectivity index is 0.000000273. The van der Waals surface area contributed by atoms with Gasteiger partial charge in [-0.05, 0) is 105 Å². The molecule has 5 nitrogen and oxygen atoms in total. The maximum Gasteiger partial charge on any atom is 0.121 e. The van der Waals surface area contributed by atoms with Gasteiger partial charge in [-0.15, -0.1) is 65.4 Å². The van der Waals surface area contributed by atoms with Gasteiger partial charge in [-0.2, -0.15) is 5.26 Å². The quantitative estimate of drug-likeness (QED) is 0.156. The summed E-state index contributed by atoms with van der Waals surface area (Å²) in [5, 5.41) is 13.8. The average molecular weight is 1050 g/mol. The molecule has 0 aliphatic heterocycles. The van der Waals surface area contributed by atoms with Crippen molar-refractivity contribution in [1.29, 1.82) is 5.26 Å². The van der Waals surface area contributed by atoms with Gasteiger partial charge in [-0.25, -0.2) is 0 Å². The second kappa shape index (κ2) is 17.9. The number of hydrogen-bond donors (Lipinski definition) is 0. The summed E-state index contributed by atoms with van der Waals surface area (Å²) in [4.78, 5) is 9.70. The summed E-state index contributed by atoms with van der Waals surface area (Å²) in [6.45, 7) is 15.7. The van der Waals surface area contributed by atoms with E-state index >= 15 is 0 Å². The molecule has 327 valence electrons. The van der Waals surface area contributed by atoms with Crippen molar-refractivity contribution in [3.8, 4) is 45.5 Å². The second-order valence-electron chi connectivity index (χ2n) is 18.4. The van der Waals surface area contributed by atoms with Crippen LogP contribution >= 0.6 is 11.3 Å². The van der Waals surface area contributed by atoms with E-state index in [-0.39, 0.29) is 37.4 Å². The van der Waals surface area contributed by atoms with Gasteiger partial charge in [0.25, 0.3) is 0 Å². The van der Waals surface area contributed by atoms with Gasteiger partial charge < -0.3 is 14.0 Å². The minimum absolute atomic E-state index is 0. The fourth-order valence-corrected chi connectivity index (χ4v) is 10.0. The standard InChI is InChI=1S/C44H32N3OS.C15H16N.Ir/c1-25(2)33-20-29(28-11-6-5-7-12-28)21-34(26(3)4)42(33)47-38-16-9-8-15-37(38)46-44(47)32-14-10-13-31-35-23-41-36(22-39(35)48-43(31)32)30-18-17-27(24-45)19-40(30)49-41;1-15(2,3)13-9-10-16-14(11-13)12-7-5-4-6-8-12;/h5-13,15-23,25-26H,1-4H3;4-7,9-11H,1-3H3;/q2*-1;. The van der Waals surface area contributed by atoms with Gasteiger partial charge in [0.2, 0.25) is 0 Å². The fourth-order valence-electron chi connectivity index (χ4n) is 8.88. The Kier molecular flexibility index (Phi) is 12.1. The zero-order chi connectivity index (χ0) is 45.0. The van der Waals surface area contributed by atoms with E-state index in [9.17, 15) is 5.26 Å². The topological polar surface area (TPSA) is 67.6 Å². The number of hydrogen-bond acceptors (Lipinski definition) is 5. The second-order valence-corrected chi connectivity index (χ2v) is 19.4. The van der Waals surface area contributed by atoms with Crippen molar-refractivity contribution >= 4 is 64.5 Å². The Labute approximate surface area is 403 Å². The van der Waals surface area contributed by atoms with E-state index < -0.39 is 0 Å². The number of para-hydroxylation sites is 2. The minimum atomic E-state index is 0. The van der Waals surface area contributed by atoms with Crippen LogP contribution in [0.25, 0.3) is 92.6 Å². The first-order chi connectivity index (χ1) is 31.5. The third-order valence-corrected chi connectivity index (χ3v) is 13.4. The molecule has 1 radical (unpaired) electrons. The molecule has 0 saturated carbocycles. The van der Waals surface area contributed by atoms with Crippen LogP contribution in [-0.2, 0) is 25.5 Å². The molecule has 0 fully saturated rings. The summed E-state index contributed by atoms with van der Waals surface area (Å²) < 4.78 is 11.4. The monoisotopic (exact) mass is 1050 g/mol. The molecule has 11 rings (SSSR count). The number of fused-ring (bicyclic) bond motifs is 7. The van der Waals surface area contributed by atoms with Gasteiger partial charge in [-0.1, -0.05) is 114 Å². The molecular formula is C59H48IrN4OS-2. The molecule has 0 spiro atoms. The molecule has 7 heteroatoms. The predicted octanol–water partition coefficient (Wildman–Crippen LogP) is 16.4. The molecule has 0 bridgehead atoms. The van der Waals surface area contributed by atoms with Crippen molar-refractivity contribution < 1.29 is 24.5 Å². The molecule has 0 aliphatic carbocycles. The maximum absolute atomic E-state index is 9.44. The number of nitrogens with zero attached hydrogens (tertiary/aromatic N) is 4. The van der Waals surface area contributed by atoms with E-state index in [1.54, 1.807) is 11.3 Å². The van der Waals surface area contributed by atoms with Gasteiger partial charge in [0, 0.05) is 57.5 Å². The molecule has 0 atom stereocenters. The van der Waals surface area contributed by atoms with Crippen LogP contribution in [0, 0.1) is 23.5 Å². The molecule has 7 aromatic carbocycles. The third kappa shape index (κ3) is 8.15. The largest absolute Gasteiger partial charge is 0.501 e. The van der Waals surface area contributed by atoms with Crippen molar-refractivity contribution in [2.45, 2.75) is 65.7 Å². The Morgan fingerprint density at radius 3 is 2.12 bits per heavy atom. The Morgan fingerprint density at radius 1 is 0.682 bits per heavy atom. The zero-order valence-corrected chi connectivity index (χ0v) is 41.2. The number of imidazole rings is 1. The van der Waals surface area contributed by atoms with Crippen LogP contribution in [0.1, 0.15) is 82.6 Å². The smallest absolute Gasteiger partial charge is 0.121 e. The third-order valence-electron chi connectivity index (χ3n) is 12.3. The fraction of sp³-hybridized carbons (Fsp3) is 0.169. The van der Waals surface area contributed by atoms with Gasteiger partial charge in [-0.3, -0.25) is 4.98 Å². The van der Waals surface area contributed by atoms with E-state index in [1.165, 1.54) is 38.2 Å². The Hall–Kier alpha value is -6.68. The van der Waals surface area contributed by atoms with Crippen LogP contribution in [-0.4, -0.2) is 14.5 Å². The molecule has 11 aromatic rings. The molecule has 0 saturated heterocycles. The summed E-state index contributed by atoms with van der Waals surface area (Å²) in [7, 11) is 0. The first-order valence-corrected chi connectivity index (χ1v) is 23.1. The average Bonchev–Trinajstić information content (AvgIpc) is 4.01. The van der Waals surface area contributed by atoms with Crippen molar-refractivity contribution in [3.63, 3.8) is 0 Å². The van der Waals surface area contributed by atoms with Crippen molar-refractivity contribution in [2.24, 2.45) is 0 Å². The summed E-state index contributed by atoms with van der Waals surface area (Å²) in [6, 6.07) is 59.4. The number of pyridine rings is 1. The van der Waals surface area contributed by atoms with Gasteiger partial charge >= 0.3 is 0 Å². The van der Waals surface area contributed by atoms with Gasteiger partial charge in [0.05, 0.1) is 34.1 Å². The number of benzene rings is 7. The molecule has 4 aromatic heterocycles. The number of thiophene rings is 1.